The van der Waals surface area contributed by atoms with Crippen molar-refractivity contribution in [3.63, 3.8) is 0 Å². The minimum atomic E-state index is -0.174. The Morgan fingerprint density at radius 1 is 1.33 bits per heavy atom. The summed E-state index contributed by atoms with van der Waals surface area (Å²) in [6, 6.07) is 11.2. The summed E-state index contributed by atoms with van der Waals surface area (Å²) >= 11 is 0. The molecule has 0 atom stereocenters. The maximum atomic E-state index is 12.3. The van der Waals surface area contributed by atoms with E-state index in [1.165, 1.54) is 0 Å². The van der Waals surface area contributed by atoms with Crippen LogP contribution >= 0.6 is 0 Å². The molecule has 0 aliphatic rings. The van der Waals surface area contributed by atoms with Gasteiger partial charge in [0.25, 0.3) is 5.91 Å². The summed E-state index contributed by atoms with van der Waals surface area (Å²) in [4.78, 5) is 19.7. The average Bonchev–Trinajstić information content (AvgIpc) is 2.88. The molecule has 21 heavy (non-hydrogen) atoms. The number of amides is 1. The minimum absolute atomic E-state index is 0.174. The number of aromatic amines is 1. The first kappa shape index (κ1) is 13.3. The van der Waals surface area contributed by atoms with Crippen LogP contribution in [0.15, 0.2) is 42.6 Å². The van der Waals surface area contributed by atoms with Crippen LogP contribution in [0.25, 0.3) is 10.9 Å². The lowest BCUT2D eigenvalue weighted by molar-refractivity contribution is 0.102. The minimum Gasteiger partial charge on any atom is -0.357 e. The number of nitrogens with one attached hydrogen (secondary N) is 2. The Hall–Kier alpha value is -2.66. The number of hydrogen-bond acceptors (Lipinski definition) is 3. The van der Waals surface area contributed by atoms with Crippen LogP contribution in [0.4, 0.5) is 5.69 Å². The van der Waals surface area contributed by atoms with Crippen molar-refractivity contribution in [2.24, 2.45) is 5.73 Å². The maximum absolute atomic E-state index is 12.3. The number of anilines is 1. The van der Waals surface area contributed by atoms with Gasteiger partial charge >= 0.3 is 0 Å². The Bertz CT molecular complexity index is 807. The number of H-pyrrole nitrogens is 1. The van der Waals surface area contributed by atoms with Crippen LogP contribution in [0.2, 0.25) is 0 Å². The zero-order valence-electron chi connectivity index (χ0n) is 11.7. The SMILES string of the molecule is Cc1cc2cccc(NC(=O)c3ccnc(CN)c3)c2[nH]1. The first-order valence-corrected chi connectivity index (χ1v) is 6.72. The topological polar surface area (TPSA) is 83.8 Å². The molecule has 0 fully saturated rings. The molecule has 1 amide bonds. The maximum Gasteiger partial charge on any atom is 0.255 e. The normalized spacial score (nSPS) is 10.8. The number of nitrogens with two attached hydrogens (primary N) is 1. The van der Waals surface area contributed by atoms with Crippen LogP contribution in [-0.4, -0.2) is 15.9 Å². The molecule has 0 saturated heterocycles. The van der Waals surface area contributed by atoms with Crippen molar-refractivity contribution < 1.29 is 4.79 Å². The van der Waals surface area contributed by atoms with Crippen LogP contribution < -0.4 is 11.1 Å². The fourth-order valence-electron chi connectivity index (χ4n) is 2.33. The third-order valence-electron chi connectivity index (χ3n) is 3.33. The number of aromatic nitrogens is 2. The van der Waals surface area contributed by atoms with Crippen molar-refractivity contribution in [1.29, 1.82) is 0 Å². The van der Waals surface area contributed by atoms with Crippen LogP contribution in [0, 0.1) is 6.92 Å². The van der Waals surface area contributed by atoms with E-state index < -0.39 is 0 Å². The molecule has 0 saturated carbocycles. The zero-order chi connectivity index (χ0) is 14.8. The van der Waals surface area contributed by atoms with Crippen LogP contribution in [0.5, 0.6) is 0 Å². The van der Waals surface area contributed by atoms with Crippen molar-refractivity contribution in [3.05, 3.63) is 59.5 Å². The summed E-state index contributed by atoms with van der Waals surface area (Å²) < 4.78 is 0. The van der Waals surface area contributed by atoms with Gasteiger partial charge < -0.3 is 16.0 Å². The number of aryl methyl sites for hydroxylation is 1. The van der Waals surface area contributed by atoms with Gasteiger partial charge in [0.1, 0.15) is 0 Å². The Labute approximate surface area is 122 Å². The van der Waals surface area contributed by atoms with Crippen LogP contribution in [0.1, 0.15) is 21.7 Å². The molecule has 0 aliphatic carbocycles. The molecule has 0 unspecified atom stereocenters. The number of carbonyl (C=O) groups is 1. The van der Waals surface area contributed by atoms with E-state index in [-0.39, 0.29) is 5.91 Å². The van der Waals surface area contributed by atoms with E-state index in [1.54, 1.807) is 18.3 Å². The molecule has 3 rings (SSSR count). The second-order valence-corrected chi connectivity index (χ2v) is 4.92. The molecule has 5 heteroatoms. The van der Waals surface area contributed by atoms with E-state index in [0.717, 1.165) is 22.3 Å². The molecular weight excluding hydrogens is 264 g/mol. The second kappa shape index (κ2) is 5.38. The predicted molar refractivity (Wildman–Crippen MR) is 83.1 cm³/mol. The molecule has 3 aromatic rings. The van der Waals surface area contributed by atoms with E-state index >= 15 is 0 Å². The van der Waals surface area contributed by atoms with Gasteiger partial charge in [0.15, 0.2) is 0 Å². The Morgan fingerprint density at radius 3 is 3.00 bits per heavy atom. The average molecular weight is 280 g/mol. The van der Waals surface area contributed by atoms with Crippen molar-refractivity contribution in [1.82, 2.24) is 9.97 Å². The molecule has 5 nitrogen and oxygen atoms in total. The van der Waals surface area contributed by atoms with Gasteiger partial charge in [-0.1, -0.05) is 12.1 Å². The molecule has 0 spiro atoms. The molecule has 0 aliphatic heterocycles. The molecule has 2 heterocycles. The Kier molecular flexibility index (Phi) is 3.41. The fourth-order valence-corrected chi connectivity index (χ4v) is 2.33. The molecule has 1 aromatic carbocycles. The van der Waals surface area contributed by atoms with Crippen molar-refractivity contribution >= 4 is 22.5 Å². The summed E-state index contributed by atoms with van der Waals surface area (Å²) in [5.74, 6) is -0.174. The summed E-state index contributed by atoms with van der Waals surface area (Å²) in [5.41, 5.74) is 9.53. The van der Waals surface area contributed by atoms with Crippen molar-refractivity contribution in [2.45, 2.75) is 13.5 Å². The Morgan fingerprint density at radius 2 is 2.19 bits per heavy atom. The number of fused-ring (bicyclic) bond motifs is 1. The lowest BCUT2D eigenvalue weighted by Gasteiger charge is -2.07. The lowest BCUT2D eigenvalue weighted by atomic mass is 10.2. The van der Waals surface area contributed by atoms with Crippen LogP contribution in [-0.2, 0) is 6.54 Å². The number of nitrogens with zero attached hydrogens (tertiary/aromatic N) is 1. The standard InChI is InChI=1S/C16H16N4O/c1-10-7-11-3-2-4-14(15(11)19-10)20-16(21)12-5-6-18-13(8-12)9-17/h2-8,19H,9,17H2,1H3,(H,20,21). The lowest BCUT2D eigenvalue weighted by Crippen LogP contribution is -2.13. The van der Waals surface area contributed by atoms with E-state index in [4.69, 9.17) is 5.73 Å². The molecular formula is C16H16N4O. The third kappa shape index (κ3) is 2.64. The fraction of sp³-hybridized carbons (Fsp3) is 0.125. The summed E-state index contributed by atoms with van der Waals surface area (Å²) in [5, 5.41) is 4.00. The Balaban J connectivity index is 1.92. The number of pyridine rings is 1. The molecule has 0 radical (unpaired) electrons. The molecule has 4 N–H and O–H groups in total. The van der Waals surface area contributed by atoms with E-state index in [0.29, 0.717) is 17.8 Å². The molecule has 0 bridgehead atoms. The number of para-hydroxylation sites is 1. The summed E-state index contributed by atoms with van der Waals surface area (Å²) in [6.07, 6.45) is 1.59. The highest BCUT2D eigenvalue weighted by Crippen LogP contribution is 2.23. The van der Waals surface area contributed by atoms with E-state index in [9.17, 15) is 4.79 Å². The number of rotatable bonds is 3. The smallest absolute Gasteiger partial charge is 0.255 e. The van der Waals surface area contributed by atoms with E-state index in [1.807, 2.05) is 31.2 Å². The first-order chi connectivity index (χ1) is 10.2. The third-order valence-corrected chi connectivity index (χ3v) is 3.33. The number of carbonyl (C=O) groups excluding carboxylic acids is 1. The van der Waals surface area contributed by atoms with Gasteiger partial charge in [-0.2, -0.15) is 0 Å². The largest absolute Gasteiger partial charge is 0.357 e. The van der Waals surface area contributed by atoms with Crippen molar-refractivity contribution in [3.8, 4) is 0 Å². The van der Waals surface area contributed by atoms with Gasteiger partial charge in [0, 0.05) is 29.4 Å². The van der Waals surface area contributed by atoms with Gasteiger partial charge in [0.05, 0.1) is 16.9 Å². The van der Waals surface area contributed by atoms with Crippen LogP contribution in [0.3, 0.4) is 0 Å². The highest BCUT2D eigenvalue weighted by Gasteiger charge is 2.10. The first-order valence-electron chi connectivity index (χ1n) is 6.72. The van der Waals surface area contributed by atoms with E-state index in [2.05, 4.69) is 15.3 Å². The van der Waals surface area contributed by atoms with Gasteiger partial charge in [-0.15, -0.1) is 0 Å². The highest BCUT2D eigenvalue weighted by molar-refractivity contribution is 6.08. The quantitative estimate of drug-likeness (QED) is 0.689. The van der Waals surface area contributed by atoms with Gasteiger partial charge in [-0.05, 0) is 31.2 Å². The number of hydrogen-bond donors (Lipinski definition) is 3. The monoisotopic (exact) mass is 280 g/mol. The summed E-state index contributed by atoms with van der Waals surface area (Å²) in [6.45, 7) is 2.30. The van der Waals surface area contributed by atoms with Gasteiger partial charge in [0.2, 0.25) is 0 Å². The second-order valence-electron chi connectivity index (χ2n) is 4.92. The van der Waals surface area contributed by atoms with Gasteiger partial charge in [-0.3, -0.25) is 9.78 Å². The highest BCUT2D eigenvalue weighted by atomic mass is 16.1. The van der Waals surface area contributed by atoms with Crippen molar-refractivity contribution in [2.75, 3.05) is 5.32 Å². The summed E-state index contributed by atoms with van der Waals surface area (Å²) in [7, 11) is 0. The predicted octanol–water partition coefficient (Wildman–Crippen LogP) is 2.58. The zero-order valence-corrected chi connectivity index (χ0v) is 11.7. The number of benzene rings is 1. The molecule has 106 valence electrons. The van der Waals surface area contributed by atoms with Gasteiger partial charge in [-0.25, -0.2) is 0 Å². The molecule has 2 aromatic heterocycles.